The average Bonchev–Trinajstić information content (AvgIpc) is 2.23. The molecule has 0 fully saturated rings. The predicted molar refractivity (Wildman–Crippen MR) is 61.9 cm³/mol. The van der Waals surface area contributed by atoms with Gasteiger partial charge in [-0.1, -0.05) is 20.8 Å². The summed E-state index contributed by atoms with van der Waals surface area (Å²) in [6.45, 7) is 9.61. The number of methoxy groups -OCH3 is 1. The van der Waals surface area contributed by atoms with E-state index in [4.69, 9.17) is 9.47 Å². The first kappa shape index (κ1) is 14.9. The van der Waals surface area contributed by atoms with E-state index in [2.05, 4.69) is 27.7 Å². The van der Waals surface area contributed by atoms with E-state index in [1.807, 2.05) is 0 Å². The van der Waals surface area contributed by atoms with E-state index in [0.717, 1.165) is 6.42 Å². The van der Waals surface area contributed by atoms with E-state index < -0.39 is 0 Å². The molecule has 0 radical (unpaired) electrons. The van der Waals surface area contributed by atoms with Gasteiger partial charge in [0.15, 0.2) is 0 Å². The number of hydrogen-bond donors (Lipinski definition) is 1. The van der Waals surface area contributed by atoms with Crippen molar-refractivity contribution in [2.75, 3.05) is 26.9 Å². The van der Waals surface area contributed by atoms with Crippen molar-refractivity contribution >= 4 is 0 Å². The zero-order chi connectivity index (χ0) is 11.9. The van der Waals surface area contributed by atoms with Crippen LogP contribution in [-0.2, 0) is 9.47 Å². The topological polar surface area (TPSA) is 38.7 Å². The van der Waals surface area contributed by atoms with Gasteiger partial charge in [-0.25, -0.2) is 0 Å². The first-order chi connectivity index (χ1) is 7.01. The van der Waals surface area contributed by atoms with Crippen LogP contribution in [-0.4, -0.2) is 38.1 Å². The number of aliphatic hydroxyl groups is 1. The fourth-order valence-corrected chi connectivity index (χ4v) is 1.26. The summed E-state index contributed by atoms with van der Waals surface area (Å²) in [5.41, 5.74) is -0.238. The molecule has 0 heterocycles. The molecule has 15 heavy (non-hydrogen) atoms. The van der Waals surface area contributed by atoms with Crippen molar-refractivity contribution in [2.45, 2.75) is 40.2 Å². The van der Waals surface area contributed by atoms with E-state index in [-0.39, 0.29) is 18.1 Å². The summed E-state index contributed by atoms with van der Waals surface area (Å²) in [4.78, 5) is 0. The number of aliphatic hydroxyl groups excluding tert-OH is 1. The Bertz CT molecular complexity index is 153. The second-order valence-electron chi connectivity index (χ2n) is 4.70. The lowest BCUT2D eigenvalue weighted by Crippen LogP contribution is -2.37. The molecule has 0 rings (SSSR count). The van der Waals surface area contributed by atoms with Gasteiger partial charge < -0.3 is 14.6 Å². The van der Waals surface area contributed by atoms with Gasteiger partial charge in [0, 0.05) is 12.5 Å². The molecule has 0 aromatic carbocycles. The summed E-state index contributed by atoms with van der Waals surface area (Å²) < 4.78 is 10.9. The molecule has 0 aromatic rings. The molecular formula is C12H26O3. The molecule has 0 spiro atoms. The van der Waals surface area contributed by atoms with Crippen LogP contribution >= 0.6 is 0 Å². The second kappa shape index (κ2) is 7.20. The van der Waals surface area contributed by atoms with Crippen LogP contribution in [0.25, 0.3) is 0 Å². The summed E-state index contributed by atoms with van der Waals surface area (Å²) >= 11 is 0. The van der Waals surface area contributed by atoms with Gasteiger partial charge in [-0.3, -0.25) is 0 Å². The molecular weight excluding hydrogens is 192 g/mol. The molecule has 0 aromatic heterocycles. The highest BCUT2D eigenvalue weighted by atomic mass is 16.5. The third-order valence-electron chi connectivity index (χ3n) is 3.13. The van der Waals surface area contributed by atoms with Crippen LogP contribution in [0.1, 0.15) is 34.1 Å². The van der Waals surface area contributed by atoms with Gasteiger partial charge in [0.2, 0.25) is 0 Å². The Kier molecular flexibility index (Phi) is 7.14. The van der Waals surface area contributed by atoms with Crippen LogP contribution in [0.2, 0.25) is 0 Å². The fourth-order valence-electron chi connectivity index (χ4n) is 1.26. The standard InChI is InChI=1S/C12H26O3/c1-6-12(7-13,8-14-5)9-15-11(4)10(2)3/h10-11,13H,6-9H2,1-5H3. The van der Waals surface area contributed by atoms with E-state index in [0.29, 0.717) is 19.1 Å². The van der Waals surface area contributed by atoms with Crippen molar-refractivity contribution in [3.8, 4) is 0 Å². The van der Waals surface area contributed by atoms with Gasteiger partial charge in [-0.15, -0.1) is 0 Å². The van der Waals surface area contributed by atoms with Crippen LogP contribution < -0.4 is 0 Å². The Morgan fingerprint density at radius 2 is 1.80 bits per heavy atom. The van der Waals surface area contributed by atoms with Crippen molar-refractivity contribution < 1.29 is 14.6 Å². The van der Waals surface area contributed by atoms with Gasteiger partial charge in [0.05, 0.1) is 25.9 Å². The predicted octanol–water partition coefficient (Wildman–Crippen LogP) is 2.08. The molecule has 92 valence electrons. The Balaban J connectivity index is 4.16. The van der Waals surface area contributed by atoms with E-state index in [1.54, 1.807) is 7.11 Å². The highest BCUT2D eigenvalue weighted by Crippen LogP contribution is 2.23. The van der Waals surface area contributed by atoms with Crippen molar-refractivity contribution in [1.82, 2.24) is 0 Å². The maximum atomic E-state index is 9.40. The van der Waals surface area contributed by atoms with Crippen molar-refractivity contribution in [3.05, 3.63) is 0 Å². The van der Waals surface area contributed by atoms with Crippen LogP contribution in [0.3, 0.4) is 0 Å². The smallest absolute Gasteiger partial charge is 0.0570 e. The zero-order valence-corrected chi connectivity index (χ0v) is 10.7. The van der Waals surface area contributed by atoms with Gasteiger partial charge in [0.1, 0.15) is 0 Å². The maximum Gasteiger partial charge on any atom is 0.0570 e. The summed E-state index contributed by atoms with van der Waals surface area (Å²) in [6.07, 6.45) is 1.08. The number of rotatable bonds is 8. The van der Waals surface area contributed by atoms with Crippen LogP contribution in [0.5, 0.6) is 0 Å². The minimum Gasteiger partial charge on any atom is -0.396 e. The summed E-state index contributed by atoms with van der Waals surface area (Å²) in [6, 6.07) is 0. The molecule has 2 unspecified atom stereocenters. The van der Waals surface area contributed by atoms with Gasteiger partial charge in [-0.2, -0.15) is 0 Å². The van der Waals surface area contributed by atoms with Crippen molar-refractivity contribution in [2.24, 2.45) is 11.3 Å². The average molecular weight is 218 g/mol. The normalized spacial score (nSPS) is 17.8. The molecule has 0 saturated heterocycles. The Morgan fingerprint density at radius 1 is 1.20 bits per heavy atom. The molecule has 2 atom stereocenters. The minimum atomic E-state index is -0.238. The summed E-state index contributed by atoms with van der Waals surface area (Å²) in [7, 11) is 1.66. The molecule has 0 aliphatic rings. The summed E-state index contributed by atoms with van der Waals surface area (Å²) in [5, 5.41) is 9.40. The Labute approximate surface area is 93.8 Å². The second-order valence-corrected chi connectivity index (χ2v) is 4.70. The molecule has 3 heteroatoms. The van der Waals surface area contributed by atoms with Crippen molar-refractivity contribution in [1.29, 1.82) is 0 Å². The van der Waals surface area contributed by atoms with Crippen LogP contribution in [0, 0.1) is 11.3 Å². The quantitative estimate of drug-likeness (QED) is 0.678. The number of hydrogen-bond acceptors (Lipinski definition) is 3. The Morgan fingerprint density at radius 3 is 2.13 bits per heavy atom. The molecule has 0 aliphatic carbocycles. The SMILES string of the molecule is CCC(CO)(COC)COC(C)C(C)C. The molecule has 1 N–H and O–H groups in total. The lowest BCUT2D eigenvalue weighted by Gasteiger charge is -2.31. The van der Waals surface area contributed by atoms with Crippen LogP contribution in [0.4, 0.5) is 0 Å². The Hall–Kier alpha value is -0.120. The highest BCUT2D eigenvalue weighted by Gasteiger charge is 2.29. The zero-order valence-electron chi connectivity index (χ0n) is 10.7. The largest absolute Gasteiger partial charge is 0.396 e. The summed E-state index contributed by atoms with van der Waals surface area (Å²) in [5.74, 6) is 0.501. The fraction of sp³-hybridized carbons (Fsp3) is 1.00. The third-order valence-corrected chi connectivity index (χ3v) is 3.13. The van der Waals surface area contributed by atoms with Crippen LogP contribution in [0.15, 0.2) is 0 Å². The van der Waals surface area contributed by atoms with E-state index in [9.17, 15) is 5.11 Å². The molecule has 0 saturated carbocycles. The maximum absolute atomic E-state index is 9.40. The number of ether oxygens (including phenoxy) is 2. The lowest BCUT2D eigenvalue weighted by molar-refractivity contribution is -0.0724. The third kappa shape index (κ3) is 4.96. The van der Waals surface area contributed by atoms with Crippen molar-refractivity contribution in [3.63, 3.8) is 0 Å². The van der Waals surface area contributed by atoms with Gasteiger partial charge in [-0.05, 0) is 19.3 Å². The highest BCUT2D eigenvalue weighted by molar-refractivity contribution is 4.77. The first-order valence-electron chi connectivity index (χ1n) is 5.72. The van der Waals surface area contributed by atoms with Gasteiger partial charge >= 0.3 is 0 Å². The van der Waals surface area contributed by atoms with E-state index >= 15 is 0 Å². The van der Waals surface area contributed by atoms with E-state index in [1.165, 1.54) is 0 Å². The molecule has 0 amide bonds. The lowest BCUT2D eigenvalue weighted by atomic mass is 9.88. The molecule has 3 nitrogen and oxygen atoms in total. The molecule has 0 aliphatic heterocycles. The monoisotopic (exact) mass is 218 g/mol. The van der Waals surface area contributed by atoms with Gasteiger partial charge in [0.25, 0.3) is 0 Å². The molecule has 0 bridgehead atoms. The first-order valence-corrected chi connectivity index (χ1v) is 5.72. The minimum absolute atomic E-state index is 0.113.